The van der Waals surface area contributed by atoms with Gasteiger partial charge in [0.2, 0.25) is 0 Å². The van der Waals surface area contributed by atoms with Gasteiger partial charge in [-0.15, -0.1) is 17.5 Å². The summed E-state index contributed by atoms with van der Waals surface area (Å²) >= 11 is 9.03. The van der Waals surface area contributed by atoms with E-state index in [4.69, 9.17) is 4.52 Å². The third-order valence-corrected chi connectivity index (χ3v) is 2.90. The summed E-state index contributed by atoms with van der Waals surface area (Å²) in [5.41, 5.74) is -3.07. The molecule has 2 nitrogen and oxygen atoms in total. The van der Waals surface area contributed by atoms with Gasteiger partial charge in [-0.25, -0.2) is 0 Å². The molecule has 0 bridgehead atoms. The molecule has 0 aromatic rings. The maximum Gasteiger partial charge on any atom is 0.0586 e. The minimum Gasteiger partial charge on any atom is -0.819 e. The Balaban J connectivity index is 2.30. The molecule has 1 unspecified atom stereocenters. The number of hydrogen-bond acceptors (Lipinski definition) is 4. The third kappa shape index (κ3) is 4.48. The highest BCUT2D eigenvalue weighted by molar-refractivity contribution is 8.50. The zero-order valence-electron chi connectivity index (χ0n) is 6.19. The van der Waals surface area contributed by atoms with Crippen LogP contribution in [0.25, 0.3) is 0 Å². The van der Waals surface area contributed by atoms with Gasteiger partial charge in [0.25, 0.3) is 0 Å². The van der Waals surface area contributed by atoms with Crippen molar-refractivity contribution in [3.05, 3.63) is 0 Å². The highest BCUT2D eigenvalue weighted by atomic mass is 32.9. The van der Waals surface area contributed by atoms with Crippen LogP contribution in [0, 0.1) is 0 Å². The van der Waals surface area contributed by atoms with Crippen molar-refractivity contribution >= 4 is 29.7 Å². The van der Waals surface area contributed by atoms with Gasteiger partial charge in [0.15, 0.2) is 0 Å². The summed E-state index contributed by atoms with van der Waals surface area (Å²) in [4.78, 5) is 10.9. The summed E-state index contributed by atoms with van der Waals surface area (Å²) < 4.78 is 5.06. The van der Waals surface area contributed by atoms with Crippen LogP contribution in [0.3, 0.4) is 0 Å². The first-order chi connectivity index (χ1) is 5.08. The first kappa shape index (κ1) is 10.0. The monoisotopic (exact) mass is 210 g/mol. The van der Waals surface area contributed by atoms with Crippen LogP contribution in [0.2, 0.25) is 0 Å². The smallest absolute Gasteiger partial charge is 0.0586 e. The molecular weight excluding hydrogens is 199 g/mol. The van der Waals surface area contributed by atoms with Gasteiger partial charge in [0.05, 0.1) is 6.10 Å². The standard InChI is InChI=1S/C6H13O2PS2/c7-9(10,11)8-6-4-2-1-3-5-6/h6H,1-5H2,(H2,7,10,11)/p-2. The van der Waals surface area contributed by atoms with Crippen LogP contribution in [0.1, 0.15) is 32.1 Å². The van der Waals surface area contributed by atoms with Crippen molar-refractivity contribution < 1.29 is 9.42 Å². The second-order valence-corrected chi connectivity index (χ2v) is 7.50. The Labute approximate surface area is 77.7 Å². The van der Waals surface area contributed by atoms with Gasteiger partial charge < -0.3 is 21.7 Å². The first-order valence-electron chi connectivity index (χ1n) is 3.78. The van der Waals surface area contributed by atoms with Gasteiger partial charge in [-0.1, -0.05) is 19.3 Å². The molecule has 66 valence electrons. The molecule has 5 heteroatoms. The molecule has 1 fully saturated rings. The van der Waals surface area contributed by atoms with E-state index in [1.54, 1.807) is 0 Å². The van der Waals surface area contributed by atoms with Gasteiger partial charge in [-0.05, 0) is 12.8 Å². The molecule has 1 atom stereocenters. The van der Waals surface area contributed by atoms with Crippen molar-refractivity contribution in [3.8, 4) is 0 Å². The molecule has 0 heterocycles. The summed E-state index contributed by atoms with van der Waals surface area (Å²) in [5.74, 6) is 0. The molecule has 0 radical (unpaired) electrons. The zero-order valence-corrected chi connectivity index (χ0v) is 8.72. The predicted molar refractivity (Wildman–Crippen MR) is 49.6 cm³/mol. The van der Waals surface area contributed by atoms with E-state index in [0.717, 1.165) is 25.7 Å². The van der Waals surface area contributed by atoms with E-state index < -0.39 is 5.69 Å². The molecule has 0 aromatic heterocycles. The molecule has 1 rings (SSSR count). The molecule has 0 aromatic carbocycles. The minimum absolute atomic E-state index is 0.0737. The quantitative estimate of drug-likeness (QED) is 0.510. The fraction of sp³-hybridized carbons (Fsp3) is 1.00. The zero-order chi connectivity index (χ0) is 8.32. The maximum atomic E-state index is 10.9. The normalized spacial score (nSPS) is 26.4. The van der Waals surface area contributed by atoms with E-state index in [-0.39, 0.29) is 6.10 Å². The second-order valence-electron chi connectivity index (χ2n) is 2.81. The lowest BCUT2D eigenvalue weighted by molar-refractivity contribution is -0.179. The number of rotatable bonds is 2. The summed E-state index contributed by atoms with van der Waals surface area (Å²) in [7, 11) is 0. The Kier molecular flexibility index (Phi) is 3.86. The Hall–Kier alpha value is 0.920. The lowest BCUT2D eigenvalue weighted by Crippen LogP contribution is -2.17. The molecule has 0 amide bonds. The SMILES string of the molecule is [O-]P(=S)([S-])OC1CCCCC1. The van der Waals surface area contributed by atoms with Gasteiger partial charge in [0.1, 0.15) is 0 Å². The van der Waals surface area contributed by atoms with Crippen molar-refractivity contribution in [2.45, 2.75) is 38.2 Å². The third-order valence-electron chi connectivity index (χ3n) is 1.83. The molecular formula is C6H11O2PS2-2. The largest absolute Gasteiger partial charge is 0.819 e. The average molecular weight is 210 g/mol. The molecule has 11 heavy (non-hydrogen) atoms. The summed E-state index contributed by atoms with van der Waals surface area (Å²) in [6, 6.07) is 0. The van der Waals surface area contributed by atoms with Crippen LogP contribution in [-0.2, 0) is 28.6 Å². The van der Waals surface area contributed by atoms with Crippen molar-refractivity contribution in [1.29, 1.82) is 0 Å². The molecule has 1 saturated carbocycles. The first-order valence-corrected chi connectivity index (χ1v) is 7.43. The molecule has 1 aliphatic rings. The molecule has 0 N–H and O–H groups in total. The van der Waals surface area contributed by atoms with Crippen LogP contribution >= 0.6 is 5.69 Å². The van der Waals surface area contributed by atoms with Gasteiger partial charge in [-0.3, -0.25) is 0 Å². The van der Waals surface area contributed by atoms with Crippen LogP contribution in [0.15, 0.2) is 0 Å². The Morgan fingerprint density at radius 2 is 1.91 bits per heavy atom. The second kappa shape index (κ2) is 4.24. The lowest BCUT2D eigenvalue weighted by Gasteiger charge is -2.40. The fourth-order valence-corrected chi connectivity index (χ4v) is 2.66. The summed E-state index contributed by atoms with van der Waals surface area (Å²) in [6.45, 7) is 0. The molecule has 1 aliphatic carbocycles. The fourth-order valence-electron chi connectivity index (χ4n) is 1.35. The van der Waals surface area contributed by atoms with Crippen molar-refractivity contribution in [1.82, 2.24) is 0 Å². The summed E-state index contributed by atoms with van der Waals surface area (Å²) in [5, 5.41) is 0. The van der Waals surface area contributed by atoms with Crippen molar-refractivity contribution in [2.75, 3.05) is 0 Å². The maximum absolute atomic E-state index is 10.9. The van der Waals surface area contributed by atoms with E-state index in [0.29, 0.717) is 0 Å². The van der Waals surface area contributed by atoms with Crippen LogP contribution in [0.5, 0.6) is 0 Å². The van der Waals surface area contributed by atoms with E-state index in [1.807, 2.05) is 0 Å². The van der Waals surface area contributed by atoms with Crippen molar-refractivity contribution in [2.24, 2.45) is 0 Å². The highest BCUT2D eigenvalue weighted by Crippen LogP contribution is 2.39. The Morgan fingerprint density at radius 3 is 2.36 bits per heavy atom. The molecule has 0 spiro atoms. The average Bonchev–Trinajstić information content (AvgIpc) is 1.85. The molecule has 0 aliphatic heterocycles. The van der Waals surface area contributed by atoms with Gasteiger partial charge in [0, 0.05) is 0 Å². The van der Waals surface area contributed by atoms with E-state index in [2.05, 4.69) is 24.1 Å². The van der Waals surface area contributed by atoms with E-state index >= 15 is 0 Å². The van der Waals surface area contributed by atoms with Crippen molar-refractivity contribution in [3.63, 3.8) is 0 Å². The van der Waals surface area contributed by atoms with Crippen LogP contribution < -0.4 is 4.89 Å². The minimum atomic E-state index is -3.07. The van der Waals surface area contributed by atoms with Gasteiger partial charge >= 0.3 is 0 Å². The highest BCUT2D eigenvalue weighted by Gasteiger charge is 2.12. The summed E-state index contributed by atoms with van der Waals surface area (Å²) in [6.07, 6.45) is 5.56. The molecule has 0 saturated heterocycles. The predicted octanol–water partition coefficient (Wildman–Crippen LogP) is 1.47. The van der Waals surface area contributed by atoms with Crippen LogP contribution in [-0.4, -0.2) is 6.10 Å². The topological polar surface area (TPSA) is 32.3 Å². The lowest BCUT2D eigenvalue weighted by atomic mass is 9.98. The Morgan fingerprint density at radius 1 is 1.36 bits per heavy atom. The van der Waals surface area contributed by atoms with Gasteiger partial charge in [-0.2, -0.15) is 0 Å². The van der Waals surface area contributed by atoms with Crippen LogP contribution in [0.4, 0.5) is 0 Å². The number of hydrogen-bond donors (Lipinski definition) is 0. The Bertz CT molecular complexity index is 162. The van der Waals surface area contributed by atoms with E-state index in [9.17, 15) is 4.89 Å². The van der Waals surface area contributed by atoms with E-state index in [1.165, 1.54) is 6.42 Å².